The fourth-order valence-electron chi connectivity index (χ4n) is 2.61. The predicted octanol–water partition coefficient (Wildman–Crippen LogP) is 2.10. The van der Waals surface area contributed by atoms with E-state index < -0.39 is 0 Å². The molecule has 0 spiro atoms. The van der Waals surface area contributed by atoms with Gasteiger partial charge < -0.3 is 9.64 Å². The summed E-state index contributed by atoms with van der Waals surface area (Å²) in [5.41, 5.74) is 1.18. The van der Waals surface area contributed by atoms with Crippen LogP contribution in [0.3, 0.4) is 0 Å². The molecule has 0 bridgehead atoms. The first-order chi connectivity index (χ1) is 7.86. The van der Waals surface area contributed by atoms with E-state index in [0.29, 0.717) is 13.0 Å². The van der Waals surface area contributed by atoms with Crippen molar-refractivity contribution in [1.82, 2.24) is 4.90 Å². The molecule has 3 rings (SSSR count). The van der Waals surface area contributed by atoms with Crippen LogP contribution >= 0.6 is 0 Å². The Balaban J connectivity index is 1.89. The molecule has 1 amide bonds. The second-order valence-electron chi connectivity index (χ2n) is 4.41. The summed E-state index contributed by atoms with van der Waals surface area (Å²) in [5.74, 6) is 0.239. The zero-order chi connectivity index (χ0) is 11.0. The van der Waals surface area contributed by atoms with Gasteiger partial charge >= 0.3 is 0 Å². The van der Waals surface area contributed by atoms with Gasteiger partial charge in [-0.15, -0.1) is 0 Å². The quantitative estimate of drug-likeness (QED) is 0.721. The molecule has 0 N–H and O–H groups in total. The normalized spacial score (nSPS) is 29.2. The zero-order valence-electron chi connectivity index (χ0n) is 9.13. The number of hydrogen-bond donors (Lipinski definition) is 0. The Morgan fingerprint density at radius 2 is 2.06 bits per heavy atom. The van der Waals surface area contributed by atoms with Gasteiger partial charge in [0.1, 0.15) is 6.23 Å². The van der Waals surface area contributed by atoms with Crippen LogP contribution in [0.25, 0.3) is 0 Å². The molecule has 1 aromatic rings. The van der Waals surface area contributed by atoms with Gasteiger partial charge in [-0.05, 0) is 18.4 Å². The van der Waals surface area contributed by atoms with Gasteiger partial charge in [-0.3, -0.25) is 4.79 Å². The van der Waals surface area contributed by atoms with Crippen LogP contribution in [0.2, 0.25) is 0 Å². The molecule has 1 aromatic carbocycles. The summed E-state index contributed by atoms with van der Waals surface area (Å²) in [6, 6.07) is 10.3. The Hall–Kier alpha value is -1.35. The van der Waals surface area contributed by atoms with Gasteiger partial charge in [0.2, 0.25) is 5.91 Å². The Morgan fingerprint density at radius 1 is 1.25 bits per heavy atom. The second kappa shape index (κ2) is 3.91. The van der Waals surface area contributed by atoms with Gasteiger partial charge in [-0.2, -0.15) is 0 Å². The molecule has 3 heteroatoms. The number of ether oxygens (including phenoxy) is 1. The van der Waals surface area contributed by atoms with Crippen LogP contribution in [0.15, 0.2) is 30.3 Å². The number of nitrogens with zero attached hydrogens (tertiary/aromatic N) is 1. The Morgan fingerprint density at radius 3 is 2.88 bits per heavy atom. The van der Waals surface area contributed by atoms with Gasteiger partial charge in [0.05, 0.1) is 12.6 Å². The van der Waals surface area contributed by atoms with E-state index in [-0.39, 0.29) is 18.2 Å². The minimum Gasteiger partial charge on any atom is -0.356 e. The maximum atomic E-state index is 11.9. The molecule has 0 aromatic heterocycles. The van der Waals surface area contributed by atoms with Crippen LogP contribution in [0, 0.1) is 0 Å². The Labute approximate surface area is 95.0 Å². The van der Waals surface area contributed by atoms with E-state index in [0.717, 1.165) is 12.8 Å². The fraction of sp³-hybridized carbons (Fsp3) is 0.462. The summed E-state index contributed by atoms with van der Waals surface area (Å²) in [7, 11) is 0. The van der Waals surface area contributed by atoms with Crippen LogP contribution < -0.4 is 0 Å². The molecule has 16 heavy (non-hydrogen) atoms. The topological polar surface area (TPSA) is 29.5 Å². The van der Waals surface area contributed by atoms with Crippen molar-refractivity contribution in [3.05, 3.63) is 35.9 Å². The van der Waals surface area contributed by atoms with Crippen LogP contribution in [-0.2, 0) is 9.53 Å². The van der Waals surface area contributed by atoms with E-state index in [2.05, 4.69) is 12.1 Å². The van der Waals surface area contributed by atoms with E-state index in [1.54, 1.807) is 0 Å². The molecule has 0 saturated carbocycles. The molecule has 0 radical (unpaired) electrons. The summed E-state index contributed by atoms with van der Waals surface area (Å²) in [6.45, 7) is 0.639. The average molecular weight is 217 g/mol. The largest absolute Gasteiger partial charge is 0.356 e. The van der Waals surface area contributed by atoms with Gasteiger partial charge in [0.25, 0.3) is 0 Å². The van der Waals surface area contributed by atoms with E-state index in [1.165, 1.54) is 5.56 Å². The molecule has 2 aliphatic heterocycles. The predicted molar refractivity (Wildman–Crippen MR) is 59.6 cm³/mol. The first kappa shape index (κ1) is 9.85. The third-order valence-electron chi connectivity index (χ3n) is 3.41. The molecule has 0 aliphatic carbocycles. The Bertz CT molecular complexity index is 390. The number of carbonyl (C=O) groups excluding carboxylic acids is 1. The highest BCUT2D eigenvalue weighted by Gasteiger charge is 2.40. The van der Waals surface area contributed by atoms with Crippen molar-refractivity contribution in [1.29, 1.82) is 0 Å². The first-order valence-electron chi connectivity index (χ1n) is 5.84. The fourth-order valence-corrected chi connectivity index (χ4v) is 2.61. The molecule has 0 unspecified atom stereocenters. The Kier molecular flexibility index (Phi) is 2.40. The van der Waals surface area contributed by atoms with E-state index in [1.807, 2.05) is 23.1 Å². The number of carbonyl (C=O) groups is 1. The SMILES string of the molecule is O=C1CCC[C@@H]2OC[C@@H](c3ccccc3)N12. The summed E-state index contributed by atoms with van der Waals surface area (Å²) in [4.78, 5) is 13.8. The van der Waals surface area contributed by atoms with Crippen molar-refractivity contribution in [3.63, 3.8) is 0 Å². The van der Waals surface area contributed by atoms with Crippen molar-refractivity contribution in [2.24, 2.45) is 0 Å². The van der Waals surface area contributed by atoms with Crippen molar-refractivity contribution in [2.75, 3.05) is 6.61 Å². The van der Waals surface area contributed by atoms with Crippen LogP contribution in [0.4, 0.5) is 0 Å². The monoisotopic (exact) mass is 217 g/mol. The smallest absolute Gasteiger partial charge is 0.225 e. The highest BCUT2D eigenvalue weighted by molar-refractivity contribution is 5.78. The van der Waals surface area contributed by atoms with E-state index in [9.17, 15) is 4.79 Å². The minimum atomic E-state index is 0.0199. The summed E-state index contributed by atoms with van der Waals surface area (Å²) < 4.78 is 5.70. The lowest BCUT2D eigenvalue weighted by Crippen LogP contribution is -2.41. The van der Waals surface area contributed by atoms with Crippen LogP contribution in [-0.4, -0.2) is 23.6 Å². The molecular formula is C13H15NO2. The summed E-state index contributed by atoms with van der Waals surface area (Å²) >= 11 is 0. The summed E-state index contributed by atoms with van der Waals surface area (Å²) in [5, 5.41) is 0. The van der Waals surface area contributed by atoms with Gasteiger partial charge in [-0.1, -0.05) is 30.3 Å². The van der Waals surface area contributed by atoms with Gasteiger partial charge in [0, 0.05) is 6.42 Å². The van der Waals surface area contributed by atoms with Crippen LogP contribution in [0.5, 0.6) is 0 Å². The lowest BCUT2D eigenvalue weighted by atomic mass is 10.0. The van der Waals surface area contributed by atoms with Gasteiger partial charge in [-0.25, -0.2) is 0 Å². The maximum Gasteiger partial charge on any atom is 0.225 e. The highest BCUT2D eigenvalue weighted by Crippen LogP contribution is 2.35. The van der Waals surface area contributed by atoms with E-state index >= 15 is 0 Å². The highest BCUT2D eigenvalue weighted by atomic mass is 16.5. The van der Waals surface area contributed by atoms with Crippen molar-refractivity contribution >= 4 is 5.91 Å². The van der Waals surface area contributed by atoms with Gasteiger partial charge in [0.15, 0.2) is 0 Å². The van der Waals surface area contributed by atoms with E-state index in [4.69, 9.17) is 4.74 Å². The molecule has 84 valence electrons. The lowest BCUT2D eigenvalue weighted by molar-refractivity contribution is -0.142. The molecular weight excluding hydrogens is 202 g/mol. The lowest BCUT2D eigenvalue weighted by Gasteiger charge is -2.32. The zero-order valence-corrected chi connectivity index (χ0v) is 9.13. The first-order valence-corrected chi connectivity index (χ1v) is 5.84. The number of rotatable bonds is 1. The maximum absolute atomic E-state index is 11.9. The second-order valence-corrected chi connectivity index (χ2v) is 4.41. The van der Waals surface area contributed by atoms with Crippen molar-refractivity contribution in [2.45, 2.75) is 31.5 Å². The third-order valence-corrected chi connectivity index (χ3v) is 3.41. The minimum absolute atomic E-state index is 0.0199. The standard InChI is InChI=1S/C13H15NO2/c15-12-7-4-8-13-14(12)11(9-16-13)10-5-2-1-3-6-10/h1-3,5-6,11,13H,4,7-9H2/t11-,13-/m0/s1. The number of amides is 1. The molecule has 2 heterocycles. The van der Waals surface area contributed by atoms with Crippen molar-refractivity contribution in [3.8, 4) is 0 Å². The van der Waals surface area contributed by atoms with Crippen LogP contribution in [0.1, 0.15) is 30.9 Å². The number of hydrogen-bond acceptors (Lipinski definition) is 2. The molecule has 3 nitrogen and oxygen atoms in total. The summed E-state index contributed by atoms with van der Waals surface area (Å²) in [6.07, 6.45) is 2.63. The van der Waals surface area contributed by atoms with Crippen molar-refractivity contribution < 1.29 is 9.53 Å². The third kappa shape index (κ3) is 1.52. The number of fused-ring (bicyclic) bond motifs is 1. The number of piperidine rings is 1. The average Bonchev–Trinajstić information content (AvgIpc) is 2.75. The molecule has 2 saturated heterocycles. The molecule has 2 atom stereocenters. The molecule has 2 aliphatic rings. The molecule has 2 fully saturated rings. The number of benzene rings is 1.